The van der Waals surface area contributed by atoms with Crippen LogP contribution in [0.5, 0.6) is 0 Å². The molecule has 0 aromatic heterocycles. The van der Waals surface area contributed by atoms with Crippen LogP contribution >= 0.6 is 0 Å². The van der Waals surface area contributed by atoms with Crippen molar-refractivity contribution in [3.8, 4) is 0 Å². The van der Waals surface area contributed by atoms with Crippen molar-refractivity contribution in [3.63, 3.8) is 0 Å². The molecule has 0 radical (unpaired) electrons. The molecule has 3 aliphatic rings. The third-order valence-corrected chi connectivity index (χ3v) is 4.24. The average molecular weight is 306 g/mol. The second kappa shape index (κ2) is 7.28. The van der Waals surface area contributed by atoms with E-state index in [4.69, 9.17) is 9.47 Å². The van der Waals surface area contributed by atoms with Gasteiger partial charge < -0.3 is 9.47 Å². The van der Waals surface area contributed by atoms with Crippen molar-refractivity contribution >= 4 is 11.6 Å². The zero-order valence-electron chi connectivity index (χ0n) is 12.8. The molecule has 2 saturated heterocycles. The largest absolute Gasteiger partial charge is 0.379 e. The quantitative estimate of drug-likeness (QED) is 0.662. The van der Waals surface area contributed by atoms with Gasteiger partial charge >= 0.3 is 0 Å². The minimum Gasteiger partial charge on any atom is -0.379 e. The predicted molar refractivity (Wildman–Crippen MR) is 80.7 cm³/mol. The van der Waals surface area contributed by atoms with Gasteiger partial charge in [0.05, 0.1) is 26.4 Å². The van der Waals surface area contributed by atoms with Crippen LogP contribution in [0.2, 0.25) is 0 Å². The van der Waals surface area contributed by atoms with Gasteiger partial charge in [-0.05, 0) is 12.2 Å². The Bertz CT molecular complexity index is 454. The molecule has 0 atom stereocenters. The van der Waals surface area contributed by atoms with E-state index in [-0.39, 0.29) is 11.6 Å². The second-order valence-corrected chi connectivity index (χ2v) is 5.84. The lowest BCUT2D eigenvalue weighted by Gasteiger charge is -2.29. The Labute approximate surface area is 130 Å². The van der Waals surface area contributed by atoms with E-state index in [0.717, 1.165) is 26.2 Å². The molecular formula is C16H22N2O4. The highest BCUT2D eigenvalue weighted by Crippen LogP contribution is 2.15. The van der Waals surface area contributed by atoms with Crippen LogP contribution < -0.4 is 0 Å². The molecule has 0 saturated carbocycles. The van der Waals surface area contributed by atoms with E-state index in [1.54, 1.807) is 0 Å². The van der Waals surface area contributed by atoms with Gasteiger partial charge in [0.15, 0.2) is 11.6 Å². The van der Waals surface area contributed by atoms with E-state index in [0.29, 0.717) is 50.7 Å². The number of morpholine rings is 2. The number of ketones is 2. The predicted octanol–water partition coefficient (Wildman–Crippen LogP) is -0.345. The summed E-state index contributed by atoms with van der Waals surface area (Å²) in [5.74, 6) is -0.0660. The molecule has 0 spiro atoms. The first-order valence-electron chi connectivity index (χ1n) is 7.82. The normalized spacial score (nSPS) is 25.1. The van der Waals surface area contributed by atoms with Crippen molar-refractivity contribution in [1.29, 1.82) is 0 Å². The molecule has 0 bridgehead atoms. The van der Waals surface area contributed by atoms with Crippen molar-refractivity contribution in [2.45, 2.75) is 0 Å². The summed E-state index contributed by atoms with van der Waals surface area (Å²) in [5.41, 5.74) is 1.19. The molecule has 0 aromatic carbocycles. The summed E-state index contributed by atoms with van der Waals surface area (Å²) in [4.78, 5) is 28.8. The van der Waals surface area contributed by atoms with Crippen molar-refractivity contribution in [1.82, 2.24) is 9.80 Å². The number of nitrogens with zero attached hydrogens (tertiary/aromatic N) is 2. The fourth-order valence-electron chi connectivity index (χ4n) is 2.89. The molecule has 6 nitrogen and oxygen atoms in total. The highest BCUT2D eigenvalue weighted by atomic mass is 16.5. The maximum absolute atomic E-state index is 12.3. The zero-order chi connectivity index (χ0) is 15.4. The minimum absolute atomic E-state index is 0.0330. The molecule has 3 rings (SSSR count). The average Bonchev–Trinajstić information content (AvgIpc) is 2.54. The first kappa shape index (κ1) is 15.6. The Hall–Kier alpha value is -1.34. The highest BCUT2D eigenvalue weighted by Gasteiger charge is 2.24. The van der Waals surface area contributed by atoms with Crippen LogP contribution in [-0.4, -0.2) is 87.1 Å². The lowest BCUT2D eigenvalue weighted by Crippen LogP contribution is -2.40. The first-order chi connectivity index (χ1) is 10.7. The Morgan fingerprint density at radius 2 is 1.09 bits per heavy atom. The number of allylic oxidation sites excluding steroid dienone is 2. The van der Waals surface area contributed by atoms with E-state index in [9.17, 15) is 9.59 Å². The van der Waals surface area contributed by atoms with Crippen LogP contribution in [-0.2, 0) is 19.1 Å². The molecule has 2 aliphatic heterocycles. The van der Waals surface area contributed by atoms with Crippen molar-refractivity contribution < 1.29 is 19.1 Å². The SMILES string of the molecule is O=C1C=C(CN2CCOCC2)C(=O)C=C1CN1CCOCC1. The van der Waals surface area contributed by atoms with Crippen LogP contribution in [0.25, 0.3) is 0 Å². The Morgan fingerprint density at radius 1 is 0.727 bits per heavy atom. The number of carbonyl (C=O) groups is 2. The summed E-state index contributed by atoms with van der Waals surface area (Å²) in [7, 11) is 0. The van der Waals surface area contributed by atoms with Crippen molar-refractivity contribution in [3.05, 3.63) is 23.3 Å². The van der Waals surface area contributed by atoms with Gasteiger partial charge in [-0.1, -0.05) is 0 Å². The number of hydrogen-bond donors (Lipinski definition) is 0. The summed E-state index contributed by atoms with van der Waals surface area (Å²) < 4.78 is 10.6. The van der Waals surface area contributed by atoms with Gasteiger partial charge in [-0.3, -0.25) is 19.4 Å². The maximum atomic E-state index is 12.3. The zero-order valence-corrected chi connectivity index (χ0v) is 12.8. The lowest BCUT2D eigenvalue weighted by atomic mass is 9.96. The molecule has 0 aromatic rings. The second-order valence-electron chi connectivity index (χ2n) is 5.84. The van der Waals surface area contributed by atoms with E-state index in [2.05, 4.69) is 9.80 Å². The first-order valence-corrected chi connectivity index (χ1v) is 7.82. The van der Waals surface area contributed by atoms with Crippen LogP contribution in [0.15, 0.2) is 23.3 Å². The number of ether oxygens (including phenoxy) is 2. The summed E-state index contributed by atoms with van der Waals surface area (Å²) in [6.07, 6.45) is 3.04. The van der Waals surface area contributed by atoms with Gasteiger partial charge in [0.2, 0.25) is 0 Å². The Kier molecular flexibility index (Phi) is 5.15. The molecule has 6 heteroatoms. The molecule has 120 valence electrons. The topological polar surface area (TPSA) is 59.1 Å². The van der Waals surface area contributed by atoms with Crippen LogP contribution in [0.4, 0.5) is 0 Å². The van der Waals surface area contributed by atoms with Crippen LogP contribution in [0, 0.1) is 0 Å². The van der Waals surface area contributed by atoms with Crippen molar-refractivity contribution in [2.24, 2.45) is 0 Å². The van der Waals surface area contributed by atoms with E-state index >= 15 is 0 Å². The van der Waals surface area contributed by atoms with Crippen LogP contribution in [0.3, 0.4) is 0 Å². The number of hydrogen-bond acceptors (Lipinski definition) is 6. The van der Waals surface area contributed by atoms with E-state index in [1.165, 1.54) is 12.2 Å². The summed E-state index contributed by atoms with van der Waals surface area (Å²) in [6, 6.07) is 0. The third-order valence-electron chi connectivity index (χ3n) is 4.24. The molecule has 2 heterocycles. The molecule has 22 heavy (non-hydrogen) atoms. The highest BCUT2D eigenvalue weighted by molar-refractivity contribution is 6.20. The molecule has 1 aliphatic carbocycles. The number of rotatable bonds is 4. The van der Waals surface area contributed by atoms with Crippen molar-refractivity contribution in [2.75, 3.05) is 65.7 Å². The van der Waals surface area contributed by atoms with E-state index < -0.39 is 0 Å². The van der Waals surface area contributed by atoms with Gasteiger partial charge in [0.1, 0.15) is 0 Å². The monoisotopic (exact) mass is 306 g/mol. The van der Waals surface area contributed by atoms with Gasteiger partial charge in [0, 0.05) is 50.4 Å². The molecule has 0 amide bonds. The number of carbonyl (C=O) groups excluding carboxylic acids is 2. The molecule has 0 N–H and O–H groups in total. The summed E-state index contributed by atoms with van der Waals surface area (Å²) in [5, 5.41) is 0. The fraction of sp³-hybridized carbons (Fsp3) is 0.625. The Morgan fingerprint density at radius 3 is 1.45 bits per heavy atom. The molecule has 2 fully saturated rings. The van der Waals surface area contributed by atoms with Gasteiger partial charge in [-0.15, -0.1) is 0 Å². The summed E-state index contributed by atoms with van der Waals surface area (Å²) in [6.45, 7) is 7.06. The summed E-state index contributed by atoms with van der Waals surface area (Å²) >= 11 is 0. The van der Waals surface area contributed by atoms with Gasteiger partial charge in [0.25, 0.3) is 0 Å². The lowest BCUT2D eigenvalue weighted by molar-refractivity contribution is -0.115. The molecule has 0 unspecified atom stereocenters. The van der Waals surface area contributed by atoms with Crippen LogP contribution in [0.1, 0.15) is 0 Å². The third kappa shape index (κ3) is 3.89. The molecular weight excluding hydrogens is 284 g/mol. The minimum atomic E-state index is -0.0330. The fourth-order valence-corrected chi connectivity index (χ4v) is 2.89. The van der Waals surface area contributed by atoms with E-state index in [1.807, 2.05) is 0 Å². The Balaban J connectivity index is 1.59. The standard InChI is InChI=1S/C16H22N2O4/c19-15-10-14(12-18-3-7-22-8-4-18)16(20)9-13(15)11-17-1-5-21-6-2-17/h9-10H,1-8,11-12H2. The maximum Gasteiger partial charge on any atom is 0.183 e. The van der Waals surface area contributed by atoms with Gasteiger partial charge in [-0.2, -0.15) is 0 Å². The smallest absolute Gasteiger partial charge is 0.183 e. The van der Waals surface area contributed by atoms with Gasteiger partial charge in [-0.25, -0.2) is 0 Å².